The standard InChI is InChI=1S/C20H13ClFN3O2/c21-15-6-5-14(11-23)18(10-15)24-19(26)17-2-1-9-25(20(17)27)12-13-3-7-16(22)8-4-13/h1-10H,12H2,(H,24,26). The minimum atomic E-state index is -0.646. The largest absolute Gasteiger partial charge is 0.321 e. The summed E-state index contributed by atoms with van der Waals surface area (Å²) in [6, 6.07) is 15.1. The molecule has 0 saturated carbocycles. The van der Waals surface area contributed by atoms with Gasteiger partial charge < -0.3 is 9.88 Å². The maximum absolute atomic E-state index is 13.0. The van der Waals surface area contributed by atoms with Gasteiger partial charge in [0.25, 0.3) is 11.5 Å². The smallest absolute Gasteiger partial charge is 0.263 e. The molecule has 1 N–H and O–H groups in total. The van der Waals surface area contributed by atoms with Gasteiger partial charge in [-0.05, 0) is 48.0 Å². The number of rotatable bonds is 4. The summed E-state index contributed by atoms with van der Waals surface area (Å²) in [5.74, 6) is -1.01. The lowest BCUT2D eigenvalue weighted by molar-refractivity contribution is 0.102. The molecule has 0 bridgehead atoms. The van der Waals surface area contributed by atoms with E-state index >= 15 is 0 Å². The summed E-state index contributed by atoms with van der Waals surface area (Å²) in [5.41, 5.74) is 0.597. The highest BCUT2D eigenvalue weighted by Crippen LogP contribution is 2.20. The third kappa shape index (κ3) is 4.22. The summed E-state index contributed by atoms with van der Waals surface area (Å²) in [5, 5.41) is 12.0. The number of carbonyl (C=O) groups excluding carboxylic acids is 1. The topological polar surface area (TPSA) is 74.9 Å². The molecule has 3 aromatic rings. The molecule has 0 fully saturated rings. The van der Waals surface area contributed by atoms with E-state index in [1.54, 1.807) is 24.4 Å². The summed E-state index contributed by atoms with van der Waals surface area (Å²) < 4.78 is 14.4. The zero-order valence-corrected chi connectivity index (χ0v) is 14.7. The van der Waals surface area contributed by atoms with Crippen molar-refractivity contribution in [2.45, 2.75) is 6.54 Å². The lowest BCUT2D eigenvalue weighted by atomic mass is 10.1. The molecular weight excluding hydrogens is 369 g/mol. The molecule has 0 unspecified atom stereocenters. The van der Waals surface area contributed by atoms with E-state index in [-0.39, 0.29) is 29.2 Å². The van der Waals surface area contributed by atoms with Gasteiger partial charge in [0.2, 0.25) is 0 Å². The quantitative estimate of drug-likeness (QED) is 0.746. The maximum Gasteiger partial charge on any atom is 0.263 e. The number of nitrogens with zero attached hydrogens (tertiary/aromatic N) is 2. The average Bonchev–Trinajstić information content (AvgIpc) is 2.65. The zero-order valence-electron chi connectivity index (χ0n) is 13.9. The van der Waals surface area contributed by atoms with Crippen molar-refractivity contribution in [2.24, 2.45) is 0 Å². The van der Waals surface area contributed by atoms with Crippen LogP contribution in [0.5, 0.6) is 0 Å². The van der Waals surface area contributed by atoms with Crippen molar-refractivity contribution in [1.82, 2.24) is 4.57 Å². The van der Waals surface area contributed by atoms with Gasteiger partial charge in [0, 0.05) is 11.2 Å². The predicted octanol–water partition coefficient (Wildman–Crippen LogP) is 3.81. The van der Waals surface area contributed by atoms with E-state index in [9.17, 15) is 14.0 Å². The Kier molecular flexibility index (Phi) is 5.34. The molecular formula is C20H13ClFN3O2. The molecule has 3 rings (SSSR count). The fourth-order valence-corrected chi connectivity index (χ4v) is 2.70. The Morgan fingerprint density at radius 2 is 1.93 bits per heavy atom. The van der Waals surface area contributed by atoms with Crippen LogP contribution in [0.2, 0.25) is 5.02 Å². The summed E-state index contributed by atoms with van der Waals surface area (Å²) in [6.45, 7) is 0.195. The van der Waals surface area contributed by atoms with Gasteiger partial charge in [0.05, 0.1) is 17.8 Å². The van der Waals surface area contributed by atoms with Crippen molar-refractivity contribution in [3.05, 3.63) is 98.7 Å². The van der Waals surface area contributed by atoms with Crippen molar-refractivity contribution in [3.63, 3.8) is 0 Å². The van der Waals surface area contributed by atoms with Crippen molar-refractivity contribution in [2.75, 3.05) is 5.32 Å². The Bertz CT molecular complexity index is 1100. The molecule has 0 aliphatic heterocycles. The van der Waals surface area contributed by atoms with E-state index in [4.69, 9.17) is 16.9 Å². The second-order valence-corrected chi connectivity index (χ2v) is 6.17. The number of hydrogen-bond donors (Lipinski definition) is 1. The number of benzene rings is 2. The van der Waals surface area contributed by atoms with E-state index in [1.165, 1.54) is 41.0 Å². The third-order valence-corrected chi connectivity index (χ3v) is 4.12. The molecule has 1 aromatic heterocycles. The van der Waals surface area contributed by atoms with Gasteiger partial charge in [-0.2, -0.15) is 5.26 Å². The molecule has 1 amide bonds. The first-order chi connectivity index (χ1) is 13.0. The fourth-order valence-electron chi connectivity index (χ4n) is 2.53. The van der Waals surface area contributed by atoms with Gasteiger partial charge >= 0.3 is 0 Å². The summed E-state index contributed by atoms with van der Waals surface area (Å²) in [4.78, 5) is 25.2. The fraction of sp³-hybridized carbons (Fsp3) is 0.0500. The molecule has 0 radical (unpaired) electrons. The Morgan fingerprint density at radius 1 is 1.19 bits per heavy atom. The Morgan fingerprint density at radius 3 is 2.63 bits per heavy atom. The Balaban J connectivity index is 1.88. The normalized spacial score (nSPS) is 10.3. The van der Waals surface area contributed by atoms with Gasteiger partial charge in [0.15, 0.2) is 0 Å². The van der Waals surface area contributed by atoms with Crippen LogP contribution in [0.15, 0.2) is 65.6 Å². The van der Waals surface area contributed by atoms with Crippen LogP contribution in [-0.2, 0) is 6.54 Å². The van der Waals surface area contributed by atoms with Crippen LogP contribution >= 0.6 is 11.6 Å². The molecule has 27 heavy (non-hydrogen) atoms. The first-order valence-corrected chi connectivity index (χ1v) is 8.30. The first-order valence-electron chi connectivity index (χ1n) is 7.93. The number of anilines is 1. The Hall–Kier alpha value is -3.43. The summed E-state index contributed by atoms with van der Waals surface area (Å²) in [7, 11) is 0. The number of amides is 1. The molecule has 134 valence electrons. The van der Waals surface area contributed by atoms with Gasteiger partial charge in [-0.15, -0.1) is 0 Å². The highest BCUT2D eigenvalue weighted by molar-refractivity contribution is 6.31. The van der Waals surface area contributed by atoms with E-state index in [1.807, 2.05) is 6.07 Å². The Labute approximate surface area is 159 Å². The van der Waals surface area contributed by atoms with E-state index in [0.29, 0.717) is 5.02 Å². The SMILES string of the molecule is N#Cc1ccc(Cl)cc1NC(=O)c1cccn(Cc2ccc(F)cc2)c1=O. The number of halogens is 2. The number of nitrogens with one attached hydrogen (secondary N) is 1. The van der Waals surface area contributed by atoms with Gasteiger partial charge in [-0.3, -0.25) is 9.59 Å². The van der Waals surface area contributed by atoms with Crippen LogP contribution < -0.4 is 10.9 Å². The number of nitriles is 1. The van der Waals surface area contributed by atoms with Crippen LogP contribution in [0.25, 0.3) is 0 Å². The number of pyridine rings is 1. The molecule has 0 atom stereocenters. The van der Waals surface area contributed by atoms with Crippen LogP contribution in [0.3, 0.4) is 0 Å². The predicted molar refractivity (Wildman–Crippen MR) is 100 cm³/mol. The second kappa shape index (κ2) is 7.85. The third-order valence-electron chi connectivity index (χ3n) is 3.88. The van der Waals surface area contributed by atoms with Crippen molar-refractivity contribution in [3.8, 4) is 6.07 Å². The number of hydrogen-bond acceptors (Lipinski definition) is 3. The van der Waals surface area contributed by atoms with Crippen LogP contribution in [-0.4, -0.2) is 10.5 Å². The minimum absolute atomic E-state index is 0.0801. The van der Waals surface area contributed by atoms with Crippen LogP contribution in [0.1, 0.15) is 21.5 Å². The van der Waals surface area contributed by atoms with Gasteiger partial charge in [-0.25, -0.2) is 4.39 Å². The van der Waals surface area contributed by atoms with Crippen LogP contribution in [0.4, 0.5) is 10.1 Å². The first kappa shape index (κ1) is 18.4. The lowest BCUT2D eigenvalue weighted by Gasteiger charge is -2.10. The van der Waals surface area contributed by atoms with E-state index in [0.717, 1.165) is 5.56 Å². The van der Waals surface area contributed by atoms with Crippen molar-refractivity contribution < 1.29 is 9.18 Å². The van der Waals surface area contributed by atoms with Gasteiger partial charge in [-0.1, -0.05) is 23.7 Å². The van der Waals surface area contributed by atoms with Crippen molar-refractivity contribution >= 4 is 23.2 Å². The maximum atomic E-state index is 13.0. The lowest BCUT2D eigenvalue weighted by Crippen LogP contribution is -2.29. The molecule has 0 saturated heterocycles. The van der Waals surface area contributed by atoms with Gasteiger partial charge in [0.1, 0.15) is 17.4 Å². The highest BCUT2D eigenvalue weighted by Gasteiger charge is 2.14. The molecule has 1 heterocycles. The number of aromatic nitrogens is 1. The van der Waals surface area contributed by atoms with E-state index in [2.05, 4.69) is 5.32 Å². The van der Waals surface area contributed by atoms with Crippen LogP contribution in [0, 0.1) is 17.1 Å². The van der Waals surface area contributed by atoms with Crippen molar-refractivity contribution in [1.29, 1.82) is 5.26 Å². The molecule has 7 heteroatoms. The average molecular weight is 382 g/mol. The summed E-state index contributed by atoms with van der Waals surface area (Å²) >= 11 is 5.91. The highest BCUT2D eigenvalue weighted by atomic mass is 35.5. The molecule has 2 aromatic carbocycles. The van der Waals surface area contributed by atoms with E-state index < -0.39 is 11.5 Å². The molecule has 0 aliphatic rings. The number of carbonyl (C=O) groups is 1. The summed E-state index contributed by atoms with van der Waals surface area (Å²) in [6.07, 6.45) is 1.54. The minimum Gasteiger partial charge on any atom is -0.321 e. The second-order valence-electron chi connectivity index (χ2n) is 5.74. The molecule has 0 spiro atoms. The molecule has 5 nitrogen and oxygen atoms in total. The monoisotopic (exact) mass is 381 g/mol. The zero-order chi connectivity index (χ0) is 19.4. The molecule has 0 aliphatic carbocycles.